The fourth-order valence-electron chi connectivity index (χ4n) is 2.41. The van der Waals surface area contributed by atoms with Gasteiger partial charge in [0.25, 0.3) is 0 Å². The van der Waals surface area contributed by atoms with Crippen molar-refractivity contribution < 1.29 is 5.11 Å². The van der Waals surface area contributed by atoms with Crippen LogP contribution in [-0.2, 0) is 0 Å². The Labute approximate surface area is 114 Å². The van der Waals surface area contributed by atoms with Crippen LogP contribution in [0.25, 0.3) is 0 Å². The van der Waals surface area contributed by atoms with Gasteiger partial charge in [0.05, 0.1) is 0 Å². The van der Waals surface area contributed by atoms with E-state index in [-0.39, 0.29) is 12.1 Å². The number of hydrogen-bond donors (Lipinski definition) is 2. The Hall–Kier alpha value is -0.640. The van der Waals surface area contributed by atoms with Gasteiger partial charge in [0, 0.05) is 10.9 Å². The average molecular weight is 265 g/mol. The molecule has 0 aromatic carbocycles. The standard InChI is InChI=1S/C15H23NOS/c1-12(15(17)14-8-5-11-18-14)16-10-9-13-6-3-2-4-7-13/h5-6,8,11-12,15-17H,2-4,7,9-10H2,1H3. The van der Waals surface area contributed by atoms with Gasteiger partial charge in [-0.25, -0.2) is 0 Å². The molecule has 2 N–H and O–H groups in total. The lowest BCUT2D eigenvalue weighted by Crippen LogP contribution is -2.32. The quantitative estimate of drug-likeness (QED) is 0.770. The Morgan fingerprint density at radius 2 is 2.33 bits per heavy atom. The summed E-state index contributed by atoms with van der Waals surface area (Å²) in [6, 6.07) is 4.10. The minimum absolute atomic E-state index is 0.118. The van der Waals surface area contributed by atoms with Crippen LogP contribution in [0.2, 0.25) is 0 Å². The summed E-state index contributed by atoms with van der Waals surface area (Å²) in [5.41, 5.74) is 1.59. The molecule has 0 aliphatic heterocycles. The smallest absolute Gasteiger partial charge is 0.103 e. The highest BCUT2D eigenvalue weighted by atomic mass is 32.1. The summed E-state index contributed by atoms with van der Waals surface area (Å²) in [5.74, 6) is 0. The summed E-state index contributed by atoms with van der Waals surface area (Å²) < 4.78 is 0. The highest BCUT2D eigenvalue weighted by Gasteiger charge is 2.16. The van der Waals surface area contributed by atoms with E-state index in [1.165, 1.54) is 25.7 Å². The molecule has 0 saturated carbocycles. The first kappa shape index (κ1) is 13.8. The van der Waals surface area contributed by atoms with Crippen molar-refractivity contribution in [2.24, 2.45) is 0 Å². The highest BCUT2D eigenvalue weighted by Crippen LogP contribution is 2.22. The molecule has 2 unspecified atom stereocenters. The fourth-order valence-corrected chi connectivity index (χ4v) is 3.22. The van der Waals surface area contributed by atoms with Crippen LogP contribution >= 0.6 is 11.3 Å². The first-order chi connectivity index (χ1) is 8.77. The molecule has 2 atom stereocenters. The maximum absolute atomic E-state index is 10.1. The average Bonchev–Trinajstić information content (AvgIpc) is 2.93. The summed E-state index contributed by atoms with van der Waals surface area (Å²) in [7, 11) is 0. The van der Waals surface area contributed by atoms with E-state index in [4.69, 9.17) is 0 Å². The Morgan fingerprint density at radius 1 is 1.44 bits per heavy atom. The van der Waals surface area contributed by atoms with E-state index in [9.17, 15) is 5.11 Å². The lowest BCUT2D eigenvalue weighted by Gasteiger charge is -2.20. The minimum Gasteiger partial charge on any atom is -0.386 e. The highest BCUT2D eigenvalue weighted by molar-refractivity contribution is 7.10. The van der Waals surface area contributed by atoms with Gasteiger partial charge in [-0.2, -0.15) is 0 Å². The molecule has 0 amide bonds. The Bertz CT molecular complexity index is 372. The van der Waals surface area contributed by atoms with Gasteiger partial charge in [0.1, 0.15) is 6.10 Å². The molecule has 1 heterocycles. The van der Waals surface area contributed by atoms with E-state index in [1.54, 1.807) is 16.9 Å². The molecule has 2 rings (SSSR count). The van der Waals surface area contributed by atoms with Gasteiger partial charge >= 0.3 is 0 Å². The summed E-state index contributed by atoms with van der Waals surface area (Å²) >= 11 is 1.62. The summed E-state index contributed by atoms with van der Waals surface area (Å²) in [4.78, 5) is 1.05. The molecule has 0 fully saturated rings. The Morgan fingerprint density at radius 3 is 3.00 bits per heavy atom. The van der Waals surface area contributed by atoms with E-state index in [0.717, 1.165) is 17.8 Å². The topological polar surface area (TPSA) is 32.3 Å². The molecule has 0 saturated heterocycles. The summed E-state index contributed by atoms with van der Waals surface area (Å²) in [5, 5.41) is 15.6. The van der Waals surface area contributed by atoms with Crippen molar-refractivity contribution in [3.05, 3.63) is 34.0 Å². The SMILES string of the molecule is CC(NCCC1=CCCCC1)C(O)c1cccs1. The van der Waals surface area contributed by atoms with Crippen molar-refractivity contribution in [3.63, 3.8) is 0 Å². The van der Waals surface area contributed by atoms with E-state index in [2.05, 4.69) is 18.3 Å². The fraction of sp³-hybridized carbons (Fsp3) is 0.600. The van der Waals surface area contributed by atoms with Crippen molar-refractivity contribution >= 4 is 11.3 Å². The predicted molar refractivity (Wildman–Crippen MR) is 77.9 cm³/mol. The monoisotopic (exact) mass is 265 g/mol. The van der Waals surface area contributed by atoms with Gasteiger partial charge < -0.3 is 10.4 Å². The molecule has 0 radical (unpaired) electrons. The van der Waals surface area contributed by atoms with Crippen molar-refractivity contribution in [2.75, 3.05) is 6.54 Å². The second kappa shape index (κ2) is 7.07. The van der Waals surface area contributed by atoms with Crippen LogP contribution in [0.5, 0.6) is 0 Å². The number of hydrogen-bond acceptors (Lipinski definition) is 3. The van der Waals surface area contributed by atoms with Crippen LogP contribution in [-0.4, -0.2) is 17.7 Å². The number of thiophene rings is 1. The normalized spacial score (nSPS) is 19.3. The van der Waals surface area contributed by atoms with Gasteiger partial charge in [-0.15, -0.1) is 11.3 Å². The van der Waals surface area contributed by atoms with Crippen LogP contribution < -0.4 is 5.32 Å². The van der Waals surface area contributed by atoms with Gasteiger partial charge in [-0.1, -0.05) is 17.7 Å². The minimum atomic E-state index is -0.384. The third-order valence-electron chi connectivity index (χ3n) is 3.61. The maximum atomic E-state index is 10.1. The molecular formula is C15H23NOS. The maximum Gasteiger partial charge on any atom is 0.103 e. The molecule has 100 valence electrons. The molecule has 3 heteroatoms. The lowest BCUT2D eigenvalue weighted by atomic mass is 9.97. The summed E-state index contributed by atoms with van der Waals surface area (Å²) in [6.07, 6.45) is 8.36. The van der Waals surface area contributed by atoms with E-state index >= 15 is 0 Å². The third-order valence-corrected chi connectivity index (χ3v) is 4.55. The molecule has 0 bridgehead atoms. The lowest BCUT2D eigenvalue weighted by molar-refractivity contribution is 0.140. The van der Waals surface area contributed by atoms with E-state index in [1.807, 2.05) is 17.5 Å². The molecule has 1 aliphatic rings. The second-order valence-corrected chi connectivity index (χ2v) is 6.04. The van der Waals surface area contributed by atoms with Crippen molar-refractivity contribution in [1.29, 1.82) is 0 Å². The molecular weight excluding hydrogens is 242 g/mol. The Balaban J connectivity index is 1.71. The van der Waals surface area contributed by atoms with Crippen LogP contribution in [0.1, 0.15) is 50.0 Å². The largest absolute Gasteiger partial charge is 0.386 e. The molecule has 0 spiro atoms. The third kappa shape index (κ3) is 3.94. The van der Waals surface area contributed by atoms with Gasteiger partial charge in [-0.3, -0.25) is 0 Å². The van der Waals surface area contributed by atoms with E-state index in [0.29, 0.717) is 0 Å². The van der Waals surface area contributed by atoms with Crippen LogP contribution in [0.3, 0.4) is 0 Å². The van der Waals surface area contributed by atoms with Crippen molar-refractivity contribution in [3.8, 4) is 0 Å². The number of allylic oxidation sites excluding steroid dienone is 1. The van der Waals surface area contributed by atoms with Gasteiger partial charge in [0.2, 0.25) is 0 Å². The molecule has 1 aromatic rings. The van der Waals surface area contributed by atoms with Crippen LogP contribution in [0.4, 0.5) is 0 Å². The van der Waals surface area contributed by atoms with E-state index < -0.39 is 0 Å². The van der Waals surface area contributed by atoms with Crippen molar-refractivity contribution in [2.45, 2.75) is 51.2 Å². The van der Waals surface area contributed by atoms with Gasteiger partial charge in [0.15, 0.2) is 0 Å². The first-order valence-corrected chi connectivity index (χ1v) is 7.78. The van der Waals surface area contributed by atoms with Gasteiger partial charge in [-0.05, 0) is 57.0 Å². The van der Waals surface area contributed by atoms with Crippen LogP contribution in [0.15, 0.2) is 29.2 Å². The molecule has 18 heavy (non-hydrogen) atoms. The second-order valence-electron chi connectivity index (χ2n) is 5.06. The Kier molecular flexibility index (Phi) is 5.42. The number of aliphatic hydroxyl groups excluding tert-OH is 1. The first-order valence-electron chi connectivity index (χ1n) is 6.90. The zero-order chi connectivity index (χ0) is 12.8. The number of aliphatic hydroxyl groups is 1. The molecule has 2 nitrogen and oxygen atoms in total. The molecule has 1 aromatic heterocycles. The van der Waals surface area contributed by atoms with Crippen LogP contribution in [0, 0.1) is 0 Å². The number of rotatable bonds is 6. The predicted octanol–water partition coefficient (Wildman–Crippen LogP) is 3.65. The summed E-state index contributed by atoms with van der Waals surface area (Å²) in [6.45, 7) is 3.02. The zero-order valence-corrected chi connectivity index (χ0v) is 11.9. The molecule has 1 aliphatic carbocycles. The zero-order valence-electron chi connectivity index (χ0n) is 11.1. The van der Waals surface area contributed by atoms with Crippen molar-refractivity contribution in [1.82, 2.24) is 5.32 Å². The number of nitrogens with one attached hydrogen (secondary N) is 1.